The Hall–Kier alpha value is -1.10. The first-order valence-electron chi connectivity index (χ1n) is 9.66. The van der Waals surface area contributed by atoms with Gasteiger partial charge in [-0.3, -0.25) is 0 Å². The number of likely N-dealkylation sites (N-methyl/N-ethyl adjacent to an activating group) is 1. The Bertz CT molecular complexity index is 601. The molecule has 0 amide bonds. The van der Waals surface area contributed by atoms with Crippen molar-refractivity contribution in [3.63, 3.8) is 0 Å². The maximum Gasteiger partial charge on any atom is 0.191 e. The average Bonchev–Trinajstić information content (AvgIpc) is 2.65. The predicted octanol–water partition coefficient (Wildman–Crippen LogP) is 2.02. The van der Waals surface area contributed by atoms with Crippen molar-refractivity contribution in [2.24, 2.45) is 4.99 Å². The fraction of sp³-hybridized carbons (Fsp3) is 0.650. The van der Waals surface area contributed by atoms with Crippen molar-refractivity contribution in [3.05, 3.63) is 29.3 Å². The summed E-state index contributed by atoms with van der Waals surface area (Å²) in [5.41, 5.74) is 2.22. The summed E-state index contributed by atoms with van der Waals surface area (Å²) < 4.78 is 16.7. The van der Waals surface area contributed by atoms with Crippen LogP contribution < -0.4 is 15.4 Å². The molecule has 0 bridgehead atoms. The van der Waals surface area contributed by atoms with Crippen LogP contribution in [0, 0.1) is 6.92 Å². The highest BCUT2D eigenvalue weighted by Crippen LogP contribution is 2.21. The average molecular weight is 506 g/mol. The Morgan fingerprint density at radius 1 is 1.32 bits per heavy atom. The summed E-state index contributed by atoms with van der Waals surface area (Å²) >= 11 is 0. The molecule has 0 saturated carbocycles. The second kappa shape index (κ2) is 14.0. The number of aryl methyl sites for hydroxylation is 1. The van der Waals surface area contributed by atoms with Crippen LogP contribution in [-0.2, 0) is 16.0 Å². The van der Waals surface area contributed by atoms with Crippen molar-refractivity contribution in [2.45, 2.75) is 26.5 Å². The molecule has 1 heterocycles. The Balaban J connectivity index is 0.00000392. The lowest BCUT2D eigenvalue weighted by Gasteiger charge is -2.30. The van der Waals surface area contributed by atoms with Gasteiger partial charge in [0, 0.05) is 38.9 Å². The maximum atomic E-state index is 5.86. The second-order valence-corrected chi connectivity index (χ2v) is 6.78. The molecule has 7 nitrogen and oxygen atoms in total. The van der Waals surface area contributed by atoms with Crippen molar-refractivity contribution >= 4 is 29.9 Å². The number of benzene rings is 1. The normalized spacial score (nSPS) is 17.7. The predicted molar refractivity (Wildman–Crippen MR) is 124 cm³/mol. The van der Waals surface area contributed by atoms with E-state index in [0.29, 0.717) is 19.8 Å². The molecular weight excluding hydrogens is 471 g/mol. The van der Waals surface area contributed by atoms with Gasteiger partial charge in [0.1, 0.15) is 12.4 Å². The minimum Gasteiger partial charge on any atom is -0.491 e. The van der Waals surface area contributed by atoms with E-state index in [1.807, 2.05) is 6.07 Å². The second-order valence-electron chi connectivity index (χ2n) is 6.78. The van der Waals surface area contributed by atoms with Crippen molar-refractivity contribution in [2.75, 3.05) is 60.2 Å². The molecule has 1 atom stereocenters. The van der Waals surface area contributed by atoms with Gasteiger partial charge in [-0.15, -0.1) is 24.0 Å². The van der Waals surface area contributed by atoms with Gasteiger partial charge in [-0.2, -0.15) is 0 Å². The number of methoxy groups -OCH3 is 1. The molecule has 1 fully saturated rings. The third kappa shape index (κ3) is 8.93. The summed E-state index contributed by atoms with van der Waals surface area (Å²) in [6, 6.07) is 6.20. The molecule has 1 aliphatic heterocycles. The van der Waals surface area contributed by atoms with Crippen LogP contribution in [0.3, 0.4) is 0 Å². The van der Waals surface area contributed by atoms with E-state index in [4.69, 9.17) is 19.2 Å². The maximum absolute atomic E-state index is 5.86. The first-order valence-corrected chi connectivity index (χ1v) is 9.66. The number of nitrogens with one attached hydrogen (secondary N) is 2. The van der Waals surface area contributed by atoms with Gasteiger partial charge >= 0.3 is 0 Å². The number of hydrogen-bond donors (Lipinski definition) is 2. The summed E-state index contributed by atoms with van der Waals surface area (Å²) in [5, 5.41) is 6.69. The lowest BCUT2D eigenvalue weighted by molar-refractivity contribution is -0.0161. The van der Waals surface area contributed by atoms with Gasteiger partial charge in [0.15, 0.2) is 5.96 Å². The van der Waals surface area contributed by atoms with Crippen LogP contribution in [0.1, 0.15) is 18.1 Å². The van der Waals surface area contributed by atoms with E-state index in [2.05, 4.69) is 48.6 Å². The summed E-state index contributed by atoms with van der Waals surface area (Å²) in [5.74, 6) is 1.65. The molecule has 1 unspecified atom stereocenters. The van der Waals surface area contributed by atoms with Gasteiger partial charge in [-0.05, 0) is 32.5 Å². The SMILES string of the molecule is CCNC(=NCc1ccc(C)cc1OCCOC)NCC1CN(C)CCO1.I. The van der Waals surface area contributed by atoms with Crippen LogP contribution in [0.2, 0.25) is 0 Å². The molecule has 8 heteroatoms. The lowest BCUT2D eigenvalue weighted by atomic mass is 10.1. The Morgan fingerprint density at radius 3 is 2.86 bits per heavy atom. The van der Waals surface area contributed by atoms with E-state index in [9.17, 15) is 0 Å². The highest BCUT2D eigenvalue weighted by atomic mass is 127. The van der Waals surface area contributed by atoms with Crippen molar-refractivity contribution in [1.29, 1.82) is 0 Å². The van der Waals surface area contributed by atoms with Crippen LogP contribution >= 0.6 is 24.0 Å². The number of hydrogen-bond acceptors (Lipinski definition) is 5. The molecule has 1 aromatic carbocycles. The van der Waals surface area contributed by atoms with Gasteiger partial charge in [-0.1, -0.05) is 12.1 Å². The minimum absolute atomic E-state index is 0. The van der Waals surface area contributed by atoms with E-state index >= 15 is 0 Å². The van der Waals surface area contributed by atoms with Crippen molar-refractivity contribution in [3.8, 4) is 5.75 Å². The molecule has 0 aliphatic carbocycles. The molecule has 160 valence electrons. The molecule has 1 aromatic rings. The molecule has 2 rings (SSSR count). The first kappa shape index (κ1) is 24.9. The number of rotatable bonds is 9. The summed E-state index contributed by atoms with van der Waals surface area (Å²) in [4.78, 5) is 7.01. The number of ether oxygens (including phenoxy) is 3. The van der Waals surface area contributed by atoms with Crippen molar-refractivity contribution in [1.82, 2.24) is 15.5 Å². The summed E-state index contributed by atoms with van der Waals surface area (Å²) in [6.45, 7) is 10.0. The standard InChI is InChI=1S/C20H34N4O3.HI/c1-5-21-20(23-14-18-15-24(3)8-9-26-18)22-13-17-7-6-16(2)12-19(17)27-11-10-25-4;/h6-7,12,18H,5,8-11,13-15H2,1-4H3,(H2,21,22,23);1H. The highest BCUT2D eigenvalue weighted by molar-refractivity contribution is 14.0. The third-order valence-electron chi connectivity index (χ3n) is 4.36. The molecule has 1 saturated heterocycles. The van der Waals surface area contributed by atoms with E-state index in [-0.39, 0.29) is 30.1 Å². The van der Waals surface area contributed by atoms with Crippen LogP contribution in [0.25, 0.3) is 0 Å². The molecule has 28 heavy (non-hydrogen) atoms. The Morgan fingerprint density at radius 2 is 2.14 bits per heavy atom. The Labute approximate surface area is 186 Å². The summed E-state index contributed by atoms with van der Waals surface area (Å²) in [6.07, 6.45) is 0.180. The van der Waals surface area contributed by atoms with Crippen molar-refractivity contribution < 1.29 is 14.2 Å². The fourth-order valence-corrected chi connectivity index (χ4v) is 2.87. The zero-order valence-corrected chi connectivity index (χ0v) is 19.8. The fourth-order valence-electron chi connectivity index (χ4n) is 2.87. The van der Waals surface area contributed by atoms with E-state index in [0.717, 1.165) is 50.1 Å². The lowest BCUT2D eigenvalue weighted by Crippen LogP contribution is -2.48. The molecule has 0 radical (unpaired) electrons. The molecule has 2 N–H and O–H groups in total. The number of aliphatic imine (C=N–C) groups is 1. The van der Waals surface area contributed by atoms with Gasteiger partial charge in [-0.25, -0.2) is 4.99 Å². The van der Waals surface area contributed by atoms with Gasteiger partial charge in [0.25, 0.3) is 0 Å². The Kier molecular flexibility index (Phi) is 12.4. The zero-order valence-electron chi connectivity index (χ0n) is 17.5. The van der Waals surface area contributed by atoms with Gasteiger partial charge in [0.2, 0.25) is 0 Å². The van der Waals surface area contributed by atoms with Crippen LogP contribution in [0.15, 0.2) is 23.2 Å². The third-order valence-corrected chi connectivity index (χ3v) is 4.36. The molecule has 1 aliphatic rings. The topological polar surface area (TPSA) is 67.4 Å². The number of halogens is 1. The largest absolute Gasteiger partial charge is 0.491 e. The molecular formula is C20H35IN4O3. The quantitative estimate of drug-likeness (QED) is 0.231. The van der Waals surface area contributed by atoms with Crippen LogP contribution in [0.4, 0.5) is 0 Å². The van der Waals surface area contributed by atoms with E-state index in [1.54, 1.807) is 7.11 Å². The number of nitrogens with zero attached hydrogens (tertiary/aromatic N) is 2. The van der Waals surface area contributed by atoms with Gasteiger partial charge in [0.05, 0.1) is 25.9 Å². The minimum atomic E-state index is 0. The monoisotopic (exact) mass is 506 g/mol. The molecule has 0 aromatic heterocycles. The zero-order chi connectivity index (χ0) is 19.5. The van der Waals surface area contributed by atoms with Gasteiger partial charge < -0.3 is 29.7 Å². The van der Waals surface area contributed by atoms with Crippen LogP contribution in [0.5, 0.6) is 5.75 Å². The van der Waals surface area contributed by atoms with E-state index in [1.165, 1.54) is 5.56 Å². The van der Waals surface area contributed by atoms with Crippen LogP contribution in [-0.4, -0.2) is 77.1 Å². The smallest absolute Gasteiger partial charge is 0.191 e. The molecule has 0 spiro atoms. The summed E-state index contributed by atoms with van der Waals surface area (Å²) in [7, 11) is 3.80. The van der Waals surface area contributed by atoms with E-state index < -0.39 is 0 Å². The highest BCUT2D eigenvalue weighted by Gasteiger charge is 2.17. The first-order chi connectivity index (χ1) is 13.1. The number of guanidine groups is 1. The number of morpholine rings is 1.